The quantitative estimate of drug-likeness (QED) is 0.238. The molecule has 1 N–H and O–H groups in total. The molecule has 0 aliphatic carbocycles. The van der Waals surface area contributed by atoms with Gasteiger partial charge in [0.25, 0.3) is 11.8 Å². The first-order valence-electron chi connectivity index (χ1n) is 10.4. The number of ether oxygens (including phenoxy) is 1. The summed E-state index contributed by atoms with van der Waals surface area (Å²) >= 11 is 6.16. The van der Waals surface area contributed by atoms with Gasteiger partial charge in [0.2, 0.25) is 0 Å². The number of carbonyl (C=O) groups excluding carboxylic acids is 3. The number of fused-ring (bicyclic) bond motifs is 1. The van der Waals surface area contributed by atoms with Gasteiger partial charge in [0.1, 0.15) is 16.5 Å². The number of anilines is 2. The smallest absolute Gasteiger partial charge is 0.343 e. The summed E-state index contributed by atoms with van der Waals surface area (Å²) in [5.74, 6) is -1.22. The molecule has 1 aliphatic heterocycles. The molecule has 5 rings (SSSR count). The standard InChI is InChI=1S/C27H17ClN2O4/c28-23-24(26(32)30(25(23)31)21-8-2-1-3-9-21)29-20-13-10-18(11-14-20)27(33)34-22-15-12-17-6-4-5-7-19(17)16-22/h1-16,29H. The Morgan fingerprint density at radius 2 is 1.44 bits per heavy atom. The number of esters is 1. The van der Waals surface area contributed by atoms with Crippen molar-refractivity contribution in [3.8, 4) is 5.75 Å². The van der Waals surface area contributed by atoms with Crippen LogP contribution in [0.4, 0.5) is 11.4 Å². The first-order valence-corrected chi connectivity index (χ1v) is 10.8. The number of hydrogen-bond donors (Lipinski definition) is 1. The molecule has 2 amide bonds. The molecular formula is C27H17ClN2O4. The Labute approximate surface area is 200 Å². The van der Waals surface area contributed by atoms with Gasteiger partial charge >= 0.3 is 5.97 Å². The van der Waals surface area contributed by atoms with Gasteiger partial charge in [-0.1, -0.05) is 60.1 Å². The number of imide groups is 1. The maximum absolute atomic E-state index is 12.8. The van der Waals surface area contributed by atoms with Crippen molar-refractivity contribution in [1.29, 1.82) is 0 Å². The van der Waals surface area contributed by atoms with Crippen LogP contribution in [0.5, 0.6) is 5.75 Å². The van der Waals surface area contributed by atoms with Gasteiger partial charge < -0.3 is 10.1 Å². The molecule has 6 nitrogen and oxygen atoms in total. The molecule has 0 aromatic heterocycles. The summed E-state index contributed by atoms with van der Waals surface area (Å²) in [6.07, 6.45) is 0. The minimum absolute atomic E-state index is 0.0259. The second kappa shape index (κ2) is 8.84. The maximum atomic E-state index is 12.8. The lowest BCUT2D eigenvalue weighted by atomic mass is 10.1. The normalized spacial score (nSPS) is 13.5. The Hall–Kier alpha value is -4.42. The number of para-hydroxylation sites is 1. The minimum atomic E-state index is -0.601. The van der Waals surface area contributed by atoms with E-state index in [-0.39, 0.29) is 10.7 Å². The summed E-state index contributed by atoms with van der Waals surface area (Å²) in [4.78, 5) is 38.9. The zero-order valence-electron chi connectivity index (χ0n) is 17.7. The molecule has 0 fully saturated rings. The summed E-state index contributed by atoms with van der Waals surface area (Å²) in [5.41, 5.74) is 1.23. The van der Waals surface area contributed by atoms with Crippen molar-refractivity contribution >= 4 is 51.5 Å². The fraction of sp³-hybridized carbons (Fsp3) is 0. The molecular weight excluding hydrogens is 452 g/mol. The number of halogens is 1. The van der Waals surface area contributed by atoms with Gasteiger partial charge in [0.15, 0.2) is 0 Å². The summed E-state index contributed by atoms with van der Waals surface area (Å²) in [5, 5.41) is 4.71. The summed E-state index contributed by atoms with van der Waals surface area (Å²) in [7, 11) is 0. The van der Waals surface area contributed by atoms with Crippen LogP contribution in [0.2, 0.25) is 0 Å². The molecule has 0 spiro atoms. The van der Waals surface area contributed by atoms with E-state index in [1.165, 1.54) is 0 Å². The van der Waals surface area contributed by atoms with Crippen molar-refractivity contribution in [2.75, 3.05) is 10.2 Å². The highest BCUT2D eigenvalue weighted by Crippen LogP contribution is 2.30. The summed E-state index contributed by atoms with van der Waals surface area (Å²) in [6.45, 7) is 0. The molecule has 4 aromatic carbocycles. The van der Waals surface area contributed by atoms with Gasteiger partial charge in [-0.2, -0.15) is 0 Å². The Bertz CT molecular complexity index is 1460. The highest BCUT2D eigenvalue weighted by atomic mass is 35.5. The second-order valence-electron chi connectivity index (χ2n) is 7.57. The molecule has 0 atom stereocenters. The summed E-state index contributed by atoms with van der Waals surface area (Å²) < 4.78 is 5.50. The zero-order valence-corrected chi connectivity index (χ0v) is 18.5. The third kappa shape index (κ3) is 4.02. The molecule has 1 heterocycles. The van der Waals surface area contributed by atoms with E-state index in [4.69, 9.17) is 16.3 Å². The number of carbonyl (C=O) groups is 3. The molecule has 0 saturated carbocycles. The molecule has 0 saturated heterocycles. The van der Waals surface area contributed by atoms with Gasteiger partial charge in [-0.05, 0) is 59.3 Å². The average Bonchev–Trinajstić information content (AvgIpc) is 3.08. The van der Waals surface area contributed by atoms with E-state index >= 15 is 0 Å². The van der Waals surface area contributed by atoms with Gasteiger partial charge in [0, 0.05) is 5.69 Å². The lowest BCUT2D eigenvalue weighted by Crippen LogP contribution is -2.32. The van der Waals surface area contributed by atoms with E-state index in [0.29, 0.717) is 22.7 Å². The lowest BCUT2D eigenvalue weighted by Gasteiger charge is -2.14. The SMILES string of the molecule is O=C(Oc1ccc2ccccc2c1)c1ccc(NC2=C(Cl)C(=O)N(c3ccccc3)C2=O)cc1. The average molecular weight is 469 g/mol. The Morgan fingerprint density at radius 1 is 0.765 bits per heavy atom. The van der Waals surface area contributed by atoms with E-state index in [1.54, 1.807) is 66.7 Å². The van der Waals surface area contributed by atoms with Crippen LogP contribution in [0.25, 0.3) is 10.8 Å². The largest absolute Gasteiger partial charge is 0.423 e. The molecule has 0 bridgehead atoms. The van der Waals surface area contributed by atoms with Crippen LogP contribution in [0.3, 0.4) is 0 Å². The number of nitrogens with zero attached hydrogens (tertiary/aromatic N) is 1. The van der Waals surface area contributed by atoms with Crippen molar-refractivity contribution in [2.45, 2.75) is 0 Å². The van der Waals surface area contributed by atoms with Crippen LogP contribution in [0.15, 0.2) is 108 Å². The lowest BCUT2D eigenvalue weighted by molar-refractivity contribution is -0.120. The van der Waals surface area contributed by atoms with E-state index in [9.17, 15) is 14.4 Å². The Balaban J connectivity index is 1.29. The molecule has 0 radical (unpaired) electrons. The van der Waals surface area contributed by atoms with E-state index in [2.05, 4.69) is 5.32 Å². The van der Waals surface area contributed by atoms with Gasteiger partial charge in [-0.3, -0.25) is 9.59 Å². The van der Waals surface area contributed by atoms with Crippen molar-refractivity contribution in [1.82, 2.24) is 0 Å². The number of amides is 2. The fourth-order valence-electron chi connectivity index (χ4n) is 3.65. The van der Waals surface area contributed by atoms with E-state index in [1.807, 2.05) is 30.3 Å². The van der Waals surface area contributed by atoms with Crippen LogP contribution in [0, 0.1) is 0 Å². The first kappa shape index (κ1) is 21.4. The number of rotatable bonds is 5. The fourth-order valence-corrected chi connectivity index (χ4v) is 3.87. The topological polar surface area (TPSA) is 75.7 Å². The predicted octanol–water partition coefficient (Wildman–Crippen LogP) is 5.49. The van der Waals surface area contributed by atoms with Crippen LogP contribution in [-0.2, 0) is 9.59 Å². The van der Waals surface area contributed by atoms with Crippen molar-refractivity contribution < 1.29 is 19.1 Å². The van der Waals surface area contributed by atoms with Gasteiger partial charge in [-0.25, -0.2) is 9.69 Å². The first-order chi connectivity index (χ1) is 16.5. The third-order valence-corrected chi connectivity index (χ3v) is 5.71. The zero-order chi connectivity index (χ0) is 23.7. The van der Waals surface area contributed by atoms with Crippen LogP contribution < -0.4 is 15.0 Å². The molecule has 0 unspecified atom stereocenters. The van der Waals surface area contributed by atoms with Gasteiger partial charge in [0.05, 0.1) is 11.3 Å². The molecule has 34 heavy (non-hydrogen) atoms. The second-order valence-corrected chi connectivity index (χ2v) is 7.95. The monoisotopic (exact) mass is 468 g/mol. The van der Waals surface area contributed by atoms with E-state index < -0.39 is 17.8 Å². The molecule has 7 heteroatoms. The van der Waals surface area contributed by atoms with Crippen LogP contribution in [-0.4, -0.2) is 17.8 Å². The van der Waals surface area contributed by atoms with Crippen molar-refractivity contribution in [3.63, 3.8) is 0 Å². The Morgan fingerprint density at radius 3 is 2.18 bits per heavy atom. The van der Waals surface area contributed by atoms with Crippen LogP contribution in [0.1, 0.15) is 10.4 Å². The van der Waals surface area contributed by atoms with Crippen LogP contribution >= 0.6 is 11.6 Å². The van der Waals surface area contributed by atoms with Crippen molar-refractivity contribution in [2.24, 2.45) is 0 Å². The van der Waals surface area contributed by atoms with Gasteiger partial charge in [-0.15, -0.1) is 0 Å². The highest BCUT2D eigenvalue weighted by molar-refractivity contribution is 6.53. The summed E-state index contributed by atoms with van der Waals surface area (Å²) in [6, 6.07) is 28.1. The van der Waals surface area contributed by atoms with E-state index in [0.717, 1.165) is 15.7 Å². The molecule has 4 aromatic rings. The highest BCUT2D eigenvalue weighted by Gasteiger charge is 2.38. The number of nitrogens with one attached hydrogen (secondary N) is 1. The third-order valence-electron chi connectivity index (χ3n) is 5.36. The number of hydrogen-bond acceptors (Lipinski definition) is 5. The van der Waals surface area contributed by atoms with Crippen molar-refractivity contribution in [3.05, 3.63) is 113 Å². The predicted molar refractivity (Wildman–Crippen MR) is 131 cm³/mol. The minimum Gasteiger partial charge on any atom is -0.423 e. The molecule has 166 valence electrons. The maximum Gasteiger partial charge on any atom is 0.343 e. The molecule has 1 aliphatic rings. The Kier molecular flexibility index (Phi) is 5.57. The number of benzene rings is 4.